The minimum Gasteiger partial charge on any atom is -0.307 e. The molecule has 0 spiro atoms. The number of halogens is 2. The molecule has 0 amide bonds. The van der Waals surface area contributed by atoms with Crippen molar-refractivity contribution in [1.29, 1.82) is 0 Å². The average Bonchev–Trinajstić information content (AvgIpc) is 2.40. The number of alkyl halides is 2. The summed E-state index contributed by atoms with van der Waals surface area (Å²) in [7, 11) is -3.64. The molecule has 1 aromatic rings. The Hall–Kier alpha value is 0.0300. The maximum absolute atomic E-state index is 14.3. The highest BCUT2D eigenvalue weighted by Gasteiger charge is 2.37. The molecule has 0 saturated heterocycles. The molecule has 2 unspecified atom stereocenters. The van der Waals surface area contributed by atoms with Crippen molar-refractivity contribution >= 4 is 30.2 Å². The smallest absolute Gasteiger partial charge is 0.307 e. The van der Waals surface area contributed by atoms with Crippen LogP contribution < -0.4 is 0 Å². The van der Waals surface area contributed by atoms with E-state index >= 15 is 0 Å². The van der Waals surface area contributed by atoms with Gasteiger partial charge in [0.2, 0.25) is 5.91 Å². The van der Waals surface area contributed by atoms with E-state index in [1.54, 1.807) is 13.8 Å². The van der Waals surface area contributed by atoms with E-state index in [0.717, 1.165) is 12.0 Å². The van der Waals surface area contributed by atoms with Crippen LogP contribution in [0, 0.1) is 0 Å². The largest absolute Gasteiger partial charge is 0.364 e. The second kappa shape index (κ2) is 9.13. The van der Waals surface area contributed by atoms with Gasteiger partial charge in [0, 0.05) is 10.3 Å². The van der Waals surface area contributed by atoms with Crippen molar-refractivity contribution in [2.45, 2.75) is 36.5 Å². The monoisotopic (exact) mass is 414 g/mol. The maximum atomic E-state index is 14.3. The summed E-state index contributed by atoms with van der Waals surface area (Å²) in [5.74, 6) is -1.58. The van der Waals surface area contributed by atoms with Crippen LogP contribution in [-0.4, -0.2) is 23.1 Å². The van der Waals surface area contributed by atoms with Gasteiger partial charge in [-0.1, -0.05) is 52.9 Å². The first-order valence-corrected chi connectivity index (χ1v) is 9.58. The molecule has 20 heavy (non-hydrogen) atoms. The van der Waals surface area contributed by atoms with Gasteiger partial charge in [0.1, 0.15) is 0 Å². The molecular formula is C14H21FIO3P. The van der Waals surface area contributed by atoms with Crippen LogP contribution in [0.15, 0.2) is 30.3 Å². The Bertz CT molecular complexity index is 420. The zero-order chi connectivity index (χ0) is 15.0. The molecule has 0 saturated carbocycles. The van der Waals surface area contributed by atoms with Gasteiger partial charge in [-0.25, -0.2) is 4.39 Å². The fourth-order valence-corrected chi connectivity index (χ4v) is 4.84. The summed E-state index contributed by atoms with van der Waals surface area (Å²) >= 11 is 2.18. The Morgan fingerprint density at radius 3 is 2.25 bits per heavy atom. The molecule has 3 nitrogen and oxygen atoms in total. The van der Waals surface area contributed by atoms with Gasteiger partial charge < -0.3 is 9.05 Å². The predicted octanol–water partition coefficient (Wildman–Crippen LogP) is 4.98. The van der Waals surface area contributed by atoms with Gasteiger partial charge in [0.05, 0.1) is 13.2 Å². The summed E-state index contributed by atoms with van der Waals surface area (Å²) in [4.78, 5) is 0. The third-order valence-electron chi connectivity index (χ3n) is 2.71. The summed E-state index contributed by atoms with van der Waals surface area (Å²) in [5, 5.41) is 0. The zero-order valence-corrected chi connectivity index (χ0v) is 14.8. The number of hydrogen-bond acceptors (Lipinski definition) is 3. The van der Waals surface area contributed by atoms with Gasteiger partial charge in [-0.3, -0.25) is 4.57 Å². The zero-order valence-electron chi connectivity index (χ0n) is 11.8. The van der Waals surface area contributed by atoms with Crippen LogP contribution in [0.3, 0.4) is 0 Å². The van der Waals surface area contributed by atoms with Crippen LogP contribution in [-0.2, 0) is 20.0 Å². The molecule has 0 fully saturated rings. The Morgan fingerprint density at radius 1 is 1.20 bits per heavy atom. The lowest BCUT2D eigenvalue weighted by Gasteiger charge is -2.22. The van der Waals surface area contributed by atoms with Crippen molar-refractivity contribution in [3.8, 4) is 0 Å². The predicted molar refractivity (Wildman–Crippen MR) is 88.3 cm³/mol. The van der Waals surface area contributed by atoms with E-state index in [2.05, 4.69) is 22.6 Å². The fourth-order valence-electron chi connectivity index (χ4n) is 1.85. The highest BCUT2D eigenvalue weighted by molar-refractivity contribution is 14.1. The molecule has 1 aromatic carbocycles. The molecule has 0 radical (unpaired) electrons. The van der Waals surface area contributed by atoms with E-state index in [1.165, 1.54) is 0 Å². The summed E-state index contributed by atoms with van der Waals surface area (Å²) in [6.45, 7) is 3.73. The quantitative estimate of drug-likeness (QED) is 0.325. The minimum absolute atomic E-state index is 0.0410. The highest BCUT2D eigenvalue weighted by atomic mass is 127. The molecule has 0 heterocycles. The van der Waals surface area contributed by atoms with Gasteiger partial charge >= 0.3 is 7.60 Å². The SMILES string of the molecule is CCOP(=O)(OCC)C(F)CC(I)Cc1ccccc1. The van der Waals surface area contributed by atoms with Crippen LogP contribution in [0.4, 0.5) is 4.39 Å². The van der Waals surface area contributed by atoms with E-state index in [1.807, 2.05) is 30.3 Å². The fraction of sp³-hybridized carbons (Fsp3) is 0.571. The summed E-state index contributed by atoms with van der Waals surface area (Å²) in [5.41, 5.74) is 1.14. The topological polar surface area (TPSA) is 35.5 Å². The summed E-state index contributed by atoms with van der Waals surface area (Å²) < 4.78 is 36.7. The molecule has 6 heteroatoms. The molecule has 114 valence electrons. The highest BCUT2D eigenvalue weighted by Crippen LogP contribution is 2.55. The van der Waals surface area contributed by atoms with E-state index in [0.29, 0.717) is 0 Å². The van der Waals surface area contributed by atoms with Gasteiger partial charge in [-0.15, -0.1) is 0 Å². The summed E-state index contributed by atoms with van der Waals surface area (Å²) in [6, 6.07) is 9.86. The van der Waals surface area contributed by atoms with Gasteiger partial charge in [0.15, 0.2) is 0 Å². The average molecular weight is 414 g/mol. The number of benzene rings is 1. The normalized spacial score (nSPS) is 15.0. The Balaban J connectivity index is 2.59. The number of hydrogen-bond donors (Lipinski definition) is 0. The first-order chi connectivity index (χ1) is 9.51. The molecule has 0 N–H and O–H groups in total. The molecular weight excluding hydrogens is 393 g/mol. The lowest BCUT2D eigenvalue weighted by atomic mass is 10.1. The third kappa shape index (κ3) is 5.80. The van der Waals surface area contributed by atoms with Crippen molar-refractivity contribution in [2.75, 3.05) is 13.2 Å². The van der Waals surface area contributed by atoms with E-state index in [-0.39, 0.29) is 23.6 Å². The Labute approximate surface area is 133 Å². The van der Waals surface area contributed by atoms with E-state index in [4.69, 9.17) is 9.05 Å². The lowest BCUT2D eigenvalue weighted by molar-refractivity contribution is 0.187. The van der Waals surface area contributed by atoms with Crippen molar-refractivity contribution < 1.29 is 18.0 Å². The standard InChI is InChI=1S/C14H21FIO3P/c1-3-18-20(17,19-4-2)14(15)11-13(16)10-12-8-6-5-7-9-12/h5-9,13-14H,3-4,10-11H2,1-2H3. The van der Waals surface area contributed by atoms with Gasteiger partial charge in [-0.2, -0.15) is 0 Å². The van der Waals surface area contributed by atoms with Crippen LogP contribution in [0.5, 0.6) is 0 Å². The van der Waals surface area contributed by atoms with Crippen molar-refractivity contribution in [3.05, 3.63) is 35.9 Å². The van der Waals surface area contributed by atoms with E-state index in [9.17, 15) is 8.96 Å². The van der Waals surface area contributed by atoms with Crippen LogP contribution in [0.25, 0.3) is 0 Å². The van der Waals surface area contributed by atoms with Crippen LogP contribution in [0.2, 0.25) is 0 Å². The Morgan fingerprint density at radius 2 is 1.75 bits per heavy atom. The molecule has 0 aliphatic heterocycles. The van der Waals surface area contributed by atoms with Crippen molar-refractivity contribution in [1.82, 2.24) is 0 Å². The third-order valence-corrected chi connectivity index (χ3v) is 5.79. The maximum Gasteiger partial charge on any atom is 0.364 e. The Kier molecular flexibility index (Phi) is 8.25. The van der Waals surface area contributed by atoms with Crippen LogP contribution in [0.1, 0.15) is 25.8 Å². The van der Waals surface area contributed by atoms with E-state index < -0.39 is 13.5 Å². The second-order valence-electron chi connectivity index (χ2n) is 4.33. The second-order valence-corrected chi connectivity index (χ2v) is 8.25. The first kappa shape index (κ1) is 18.1. The molecule has 0 aromatic heterocycles. The van der Waals surface area contributed by atoms with Crippen LogP contribution >= 0.6 is 30.2 Å². The lowest BCUT2D eigenvalue weighted by Crippen LogP contribution is -2.15. The van der Waals surface area contributed by atoms with Gasteiger partial charge in [-0.05, 0) is 25.8 Å². The number of rotatable bonds is 9. The van der Waals surface area contributed by atoms with Gasteiger partial charge in [0.25, 0.3) is 0 Å². The van der Waals surface area contributed by atoms with Crippen molar-refractivity contribution in [2.24, 2.45) is 0 Å². The molecule has 2 atom stereocenters. The first-order valence-electron chi connectivity index (χ1n) is 6.72. The molecule has 0 aliphatic rings. The molecule has 0 aliphatic carbocycles. The summed E-state index contributed by atoms with van der Waals surface area (Å²) in [6.07, 6.45) is 0.896. The van der Waals surface area contributed by atoms with Crippen molar-refractivity contribution in [3.63, 3.8) is 0 Å². The minimum atomic E-state index is -3.64. The molecule has 1 rings (SSSR count). The molecule has 0 bridgehead atoms.